The van der Waals surface area contributed by atoms with Crippen molar-refractivity contribution in [3.63, 3.8) is 0 Å². The van der Waals surface area contributed by atoms with Crippen molar-refractivity contribution >= 4 is 11.6 Å². The number of amides is 1. The Morgan fingerprint density at radius 2 is 2.00 bits per heavy atom. The number of halogens is 1. The molecule has 0 saturated heterocycles. The van der Waals surface area contributed by atoms with E-state index in [4.69, 9.17) is 15.2 Å². The van der Waals surface area contributed by atoms with Gasteiger partial charge in [-0.2, -0.15) is 0 Å². The van der Waals surface area contributed by atoms with Crippen molar-refractivity contribution in [1.29, 1.82) is 0 Å². The van der Waals surface area contributed by atoms with Crippen molar-refractivity contribution < 1.29 is 31.3 Å². The summed E-state index contributed by atoms with van der Waals surface area (Å²) in [6.07, 6.45) is 5.16. The molecule has 0 unspecified atom stereocenters. The fourth-order valence-electron chi connectivity index (χ4n) is 4.25. The molecule has 3 heterocycles. The van der Waals surface area contributed by atoms with Gasteiger partial charge in [0.1, 0.15) is 6.54 Å². The first-order valence-corrected chi connectivity index (χ1v) is 8.71. The van der Waals surface area contributed by atoms with Gasteiger partial charge in [0.05, 0.1) is 20.1 Å². The van der Waals surface area contributed by atoms with E-state index in [9.17, 15) is 4.79 Å². The minimum atomic E-state index is -0.351. The number of carbonyl (C=O) groups is 1. The van der Waals surface area contributed by atoms with Crippen molar-refractivity contribution in [2.24, 2.45) is 5.73 Å². The van der Waals surface area contributed by atoms with E-state index in [1.807, 2.05) is 30.5 Å². The molecular formula is C20H22ClN3O3. The molecular weight excluding hydrogens is 366 g/mol. The van der Waals surface area contributed by atoms with Gasteiger partial charge in [-0.05, 0) is 29.3 Å². The third-order valence-electron chi connectivity index (χ3n) is 5.42. The maximum atomic E-state index is 12.3. The van der Waals surface area contributed by atoms with E-state index in [2.05, 4.69) is 9.56 Å². The number of primary amides is 1. The standard InChI is InChI=1S/C20H21N3O3.ClH/c1-25-17-8-12-5-7-23-16(14(12)10-18(17)26-2)9-15(19(23)20(21)24)13-4-3-6-22-11-13;/h3-4,6,8,10-11,15,19H,5,7,9H2,1-2H3,(H-,21,24);1H/t15-,19+;/m0./s1. The summed E-state index contributed by atoms with van der Waals surface area (Å²) in [5.74, 6) is 1.14. The minimum absolute atomic E-state index is 0. The van der Waals surface area contributed by atoms with Crippen LogP contribution in [0.5, 0.6) is 11.5 Å². The molecule has 0 aliphatic carbocycles. The third-order valence-corrected chi connectivity index (χ3v) is 5.42. The molecule has 0 bridgehead atoms. The second kappa shape index (κ2) is 7.56. The monoisotopic (exact) mass is 387 g/mol. The number of pyridine rings is 1. The minimum Gasteiger partial charge on any atom is -1.00 e. The van der Waals surface area contributed by atoms with Gasteiger partial charge in [-0.15, -0.1) is 0 Å². The van der Waals surface area contributed by atoms with Crippen LogP contribution in [0.4, 0.5) is 0 Å². The van der Waals surface area contributed by atoms with E-state index >= 15 is 0 Å². The number of hydrogen-bond acceptors (Lipinski definition) is 4. The van der Waals surface area contributed by atoms with E-state index in [0.29, 0.717) is 5.75 Å². The summed E-state index contributed by atoms with van der Waals surface area (Å²) >= 11 is 0. The second-order valence-electron chi connectivity index (χ2n) is 6.70. The maximum absolute atomic E-state index is 12.3. The maximum Gasteiger partial charge on any atom is 0.286 e. The molecule has 4 rings (SSSR count). The molecule has 27 heavy (non-hydrogen) atoms. The topological polar surface area (TPSA) is 77.5 Å². The van der Waals surface area contributed by atoms with Gasteiger partial charge in [-0.3, -0.25) is 9.78 Å². The van der Waals surface area contributed by atoms with Gasteiger partial charge in [0.15, 0.2) is 17.2 Å². The van der Waals surface area contributed by atoms with Gasteiger partial charge in [0.2, 0.25) is 6.04 Å². The predicted octanol–water partition coefficient (Wildman–Crippen LogP) is -1.50. The van der Waals surface area contributed by atoms with Crippen LogP contribution < -0.4 is 27.6 Å². The molecule has 0 fully saturated rings. The molecule has 1 aromatic heterocycles. The van der Waals surface area contributed by atoms with E-state index in [-0.39, 0.29) is 30.3 Å². The fourth-order valence-corrected chi connectivity index (χ4v) is 4.25. The number of aromatic nitrogens is 1. The molecule has 7 heteroatoms. The Balaban J connectivity index is 0.00000210. The number of ether oxygens (including phenoxy) is 2. The summed E-state index contributed by atoms with van der Waals surface area (Å²) in [5, 5.41) is 0. The normalized spacial score (nSPS) is 20.4. The molecule has 1 amide bonds. The van der Waals surface area contributed by atoms with Crippen molar-refractivity contribution in [2.45, 2.75) is 24.8 Å². The van der Waals surface area contributed by atoms with Crippen LogP contribution in [0.25, 0.3) is 0 Å². The van der Waals surface area contributed by atoms with Crippen LogP contribution in [0.2, 0.25) is 0 Å². The fraction of sp³-hybridized carbons (Fsp3) is 0.350. The summed E-state index contributed by atoms with van der Waals surface area (Å²) in [6.45, 7) is 0.766. The second-order valence-corrected chi connectivity index (χ2v) is 6.70. The molecule has 1 aromatic carbocycles. The van der Waals surface area contributed by atoms with E-state index < -0.39 is 0 Å². The number of nitrogens with two attached hydrogens (primary N) is 1. The number of hydrogen-bond donors (Lipinski definition) is 1. The molecule has 142 valence electrons. The van der Waals surface area contributed by atoms with Gasteiger partial charge in [-0.25, -0.2) is 4.58 Å². The number of carbonyl (C=O) groups excluding carboxylic acids is 1. The number of rotatable bonds is 4. The van der Waals surface area contributed by atoms with Crippen molar-refractivity contribution in [2.75, 3.05) is 20.8 Å². The smallest absolute Gasteiger partial charge is 0.286 e. The number of methoxy groups -OCH3 is 2. The van der Waals surface area contributed by atoms with Gasteiger partial charge in [-0.1, -0.05) is 6.07 Å². The van der Waals surface area contributed by atoms with Gasteiger partial charge in [0, 0.05) is 30.8 Å². The molecule has 6 nitrogen and oxygen atoms in total. The molecule has 2 aliphatic rings. The highest BCUT2D eigenvalue weighted by molar-refractivity contribution is 6.02. The van der Waals surface area contributed by atoms with Gasteiger partial charge in [0.25, 0.3) is 5.91 Å². The summed E-state index contributed by atoms with van der Waals surface area (Å²) in [4.78, 5) is 16.5. The van der Waals surface area contributed by atoms with Gasteiger partial charge >= 0.3 is 0 Å². The average molecular weight is 388 g/mol. The average Bonchev–Trinajstić information content (AvgIpc) is 3.07. The quantitative estimate of drug-likeness (QED) is 0.648. The summed E-state index contributed by atoms with van der Waals surface area (Å²) < 4.78 is 13.1. The lowest BCUT2D eigenvalue weighted by Gasteiger charge is -2.19. The molecule has 2 aliphatic heterocycles. The van der Waals surface area contributed by atoms with Crippen molar-refractivity contribution in [3.8, 4) is 11.5 Å². The zero-order valence-electron chi connectivity index (χ0n) is 15.3. The zero-order chi connectivity index (χ0) is 18.3. The number of nitrogens with zero attached hydrogens (tertiary/aromatic N) is 2. The van der Waals surface area contributed by atoms with Crippen molar-refractivity contribution in [3.05, 3.63) is 53.3 Å². The molecule has 2 aromatic rings. The van der Waals surface area contributed by atoms with E-state index in [0.717, 1.165) is 42.0 Å². The first-order chi connectivity index (χ1) is 12.6. The van der Waals surface area contributed by atoms with E-state index in [1.54, 1.807) is 20.4 Å². The first kappa shape index (κ1) is 19.2. The Labute approximate surface area is 164 Å². The molecule has 0 spiro atoms. The SMILES string of the molecule is COc1cc2c(cc1OC)C1=[N+](CC2)[C@@H](C(N)=O)[C@H](c2cccnc2)C1.[Cl-]. The lowest BCUT2D eigenvalue weighted by molar-refractivity contribution is -0.547. The lowest BCUT2D eigenvalue weighted by Crippen LogP contribution is -3.00. The largest absolute Gasteiger partial charge is 1.00 e. The number of fused-ring (bicyclic) bond motifs is 2. The van der Waals surface area contributed by atoms with Crippen LogP contribution in [0.15, 0.2) is 36.7 Å². The van der Waals surface area contributed by atoms with Crippen molar-refractivity contribution in [1.82, 2.24) is 4.98 Å². The Hall–Kier alpha value is -2.60. The van der Waals surface area contributed by atoms with Crippen LogP contribution in [0, 0.1) is 0 Å². The van der Waals surface area contributed by atoms with Crippen LogP contribution in [0.3, 0.4) is 0 Å². The highest BCUT2D eigenvalue weighted by Crippen LogP contribution is 2.39. The Morgan fingerprint density at radius 1 is 1.26 bits per heavy atom. The van der Waals surface area contributed by atoms with Crippen LogP contribution in [0.1, 0.15) is 29.0 Å². The van der Waals surface area contributed by atoms with Crippen LogP contribution in [-0.2, 0) is 11.2 Å². The summed E-state index contributed by atoms with van der Waals surface area (Å²) in [6, 6.07) is 7.61. The van der Waals surface area contributed by atoms with Crippen LogP contribution >= 0.6 is 0 Å². The molecule has 2 N–H and O–H groups in total. The first-order valence-electron chi connectivity index (χ1n) is 8.71. The Bertz CT molecular complexity index is 899. The molecule has 2 atom stereocenters. The van der Waals surface area contributed by atoms with Gasteiger partial charge < -0.3 is 27.6 Å². The highest BCUT2D eigenvalue weighted by atomic mass is 35.5. The number of benzene rings is 1. The summed E-state index contributed by atoms with van der Waals surface area (Å²) in [7, 11) is 3.28. The zero-order valence-corrected chi connectivity index (χ0v) is 16.1. The lowest BCUT2D eigenvalue weighted by atomic mass is 9.89. The predicted molar refractivity (Wildman–Crippen MR) is 97.1 cm³/mol. The molecule has 0 radical (unpaired) electrons. The van der Waals surface area contributed by atoms with Crippen LogP contribution in [-0.4, -0.2) is 48.0 Å². The highest BCUT2D eigenvalue weighted by Gasteiger charge is 2.48. The Kier molecular flexibility index (Phi) is 5.37. The Morgan fingerprint density at radius 3 is 2.63 bits per heavy atom. The molecule has 0 saturated carbocycles. The summed E-state index contributed by atoms with van der Waals surface area (Å²) in [5.41, 5.74) is 10.3. The third kappa shape index (κ3) is 3.14. The van der Waals surface area contributed by atoms with E-state index in [1.165, 1.54) is 5.56 Å².